The Morgan fingerprint density at radius 3 is 2.34 bits per heavy atom. The molecule has 1 unspecified atom stereocenters. The SMILES string of the molecule is Cl.N#Cc1ccc(C(=O)Nc2ccc(OCC(O)CNCCOc3ccc(-n4ccnc4)cc3)cc2)cc1. The van der Waals surface area contributed by atoms with Crippen LogP contribution in [0.15, 0.2) is 91.5 Å². The summed E-state index contributed by atoms with van der Waals surface area (Å²) in [5, 5.41) is 25.0. The van der Waals surface area contributed by atoms with Crippen molar-refractivity contribution < 1.29 is 19.4 Å². The van der Waals surface area contributed by atoms with Gasteiger partial charge in [0.25, 0.3) is 5.91 Å². The van der Waals surface area contributed by atoms with Gasteiger partial charge < -0.3 is 29.8 Å². The van der Waals surface area contributed by atoms with Gasteiger partial charge in [0.1, 0.15) is 30.8 Å². The molecule has 10 heteroatoms. The van der Waals surface area contributed by atoms with E-state index in [1.807, 2.05) is 41.1 Å². The minimum atomic E-state index is -0.690. The van der Waals surface area contributed by atoms with E-state index < -0.39 is 6.10 Å². The average molecular weight is 534 g/mol. The summed E-state index contributed by atoms with van der Waals surface area (Å²) in [6, 6.07) is 23.0. The minimum absolute atomic E-state index is 0. The molecule has 0 aliphatic rings. The topological polar surface area (TPSA) is 121 Å². The Bertz CT molecular complexity index is 1310. The van der Waals surface area contributed by atoms with Crippen molar-refractivity contribution in [2.75, 3.05) is 31.6 Å². The van der Waals surface area contributed by atoms with Crippen LogP contribution in [0.3, 0.4) is 0 Å². The molecule has 3 aromatic carbocycles. The fourth-order valence-electron chi connectivity index (χ4n) is 3.42. The number of aromatic nitrogens is 2. The molecule has 4 aromatic rings. The first-order chi connectivity index (χ1) is 18.1. The molecule has 0 bridgehead atoms. The maximum absolute atomic E-state index is 12.3. The number of carbonyl (C=O) groups is 1. The van der Waals surface area contributed by atoms with Crippen LogP contribution in [0.1, 0.15) is 15.9 Å². The number of aliphatic hydroxyl groups excluding tert-OH is 1. The standard InChI is InChI=1S/C28H27N5O4.ClH/c29-17-21-1-3-22(4-2-21)28(35)32-23-5-9-27(10-6-23)37-19-25(34)18-30-14-16-36-26-11-7-24(8-12-26)33-15-13-31-20-33;/h1-13,15,20,25,30,34H,14,16,18-19H2,(H,32,35);1H. The molecular formula is C28H28ClN5O4. The summed E-state index contributed by atoms with van der Waals surface area (Å²) < 4.78 is 13.3. The molecule has 0 spiro atoms. The molecule has 0 aliphatic heterocycles. The number of imidazole rings is 1. The van der Waals surface area contributed by atoms with E-state index in [9.17, 15) is 9.90 Å². The van der Waals surface area contributed by atoms with Crippen LogP contribution in [0, 0.1) is 11.3 Å². The molecule has 4 rings (SSSR count). The molecule has 1 heterocycles. The summed E-state index contributed by atoms with van der Waals surface area (Å²) in [7, 11) is 0. The zero-order valence-corrected chi connectivity index (χ0v) is 21.3. The third-order valence-electron chi connectivity index (χ3n) is 5.40. The summed E-state index contributed by atoms with van der Waals surface area (Å²) in [5.41, 5.74) is 2.58. The number of hydrogen-bond acceptors (Lipinski definition) is 7. The molecular weight excluding hydrogens is 506 g/mol. The van der Waals surface area contributed by atoms with Gasteiger partial charge in [0.15, 0.2) is 0 Å². The number of anilines is 1. The van der Waals surface area contributed by atoms with Gasteiger partial charge >= 0.3 is 0 Å². The van der Waals surface area contributed by atoms with Crippen LogP contribution in [0.25, 0.3) is 5.69 Å². The predicted molar refractivity (Wildman–Crippen MR) is 146 cm³/mol. The maximum Gasteiger partial charge on any atom is 0.255 e. The predicted octanol–water partition coefficient (Wildman–Crippen LogP) is 3.83. The number of halogens is 1. The van der Waals surface area contributed by atoms with Gasteiger partial charge in [-0.2, -0.15) is 5.26 Å². The third-order valence-corrected chi connectivity index (χ3v) is 5.40. The Hall–Kier alpha value is -4.36. The number of nitrogens with zero attached hydrogens (tertiary/aromatic N) is 3. The van der Waals surface area contributed by atoms with Crippen molar-refractivity contribution in [3.05, 3.63) is 103 Å². The van der Waals surface area contributed by atoms with Crippen molar-refractivity contribution in [1.29, 1.82) is 5.26 Å². The summed E-state index contributed by atoms with van der Waals surface area (Å²) in [6.45, 7) is 1.53. The number of aliphatic hydroxyl groups is 1. The quantitative estimate of drug-likeness (QED) is 0.237. The van der Waals surface area contributed by atoms with Gasteiger partial charge in [-0.3, -0.25) is 4.79 Å². The Morgan fingerprint density at radius 2 is 1.68 bits per heavy atom. The molecule has 0 fully saturated rings. The zero-order chi connectivity index (χ0) is 25.9. The fraction of sp³-hybridized carbons (Fsp3) is 0.179. The van der Waals surface area contributed by atoms with Gasteiger partial charge in [-0.1, -0.05) is 0 Å². The van der Waals surface area contributed by atoms with E-state index in [4.69, 9.17) is 14.7 Å². The van der Waals surface area contributed by atoms with Gasteiger partial charge in [0.05, 0.1) is 18.0 Å². The highest BCUT2D eigenvalue weighted by atomic mass is 35.5. The third kappa shape index (κ3) is 8.35. The van der Waals surface area contributed by atoms with Crippen molar-refractivity contribution in [2.45, 2.75) is 6.10 Å². The lowest BCUT2D eigenvalue weighted by Gasteiger charge is -2.14. The second-order valence-corrected chi connectivity index (χ2v) is 8.15. The van der Waals surface area contributed by atoms with Crippen LogP contribution in [-0.2, 0) is 0 Å². The smallest absolute Gasteiger partial charge is 0.255 e. The Balaban J connectivity index is 0.00000400. The molecule has 1 amide bonds. The highest BCUT2D eigenvalue weighted by molar-refractivity contribution is 6.04. The van der Waals surface area contributed by atoms with Crippen molar-refractivity contribution >= 4 is 24.0 Å². The lowest BCUT2D eigenvalue weighted by molar-refractivity contribution is 0.102. The van der Waals surface area contributed by atoms with Gasteiger partial charge in [0.2, 0.25) is 0 Å². The molecule has 1 atom stereocenters. The Morgan fingerprint density at radius 1 is 1.00 bits per heavy atom. The summed E-state index contributed by atoms with van der Waals surface area (Å²) in [4.78, 5) is 16.4. The maximum atomic E-state index is 12.3. The number of ether oxygens (including phenoxy) is 2. The number of nitrogens with one attached hydrogen (secondary N) is 2. The molecule has 1 aromatic heterocycles. The van der Waals surface area contributed by atoms with E-state index in [-0.39, 0.29) is 24.9 Å². The molecule has 3 N–H and O–H groups in total. The first kappa shape index (κ1) is 28.2. The van der Waals surface area contributed by atoms with E-state index in [0.717, 1.165) is 11.4 Å². The first-order valence-electron chi connectivity index (χ1n) is 11.7. The lowest BCUT2D eigenvalue weighted by atomic mass is 10.1. The lowest BCUT2D eigenvalue weighted by Crippen LogP contribution is -2.33. The number of carbonyl (C=O) groups excluding carboxylic acids is 1. The molecule has 38 heavy (non-hydrogen) atoms. The Labute approximate surface area is 227 Å². The molecule has 0 radical (unpaired) electrons. The molecule has 196 valence electrons. The second-order valence-electron chi connectivity index (χ2n) is 8.15. The van der Waals surface area contributed by atoms with Gasteiger partial charge in [-0.15, -0.1) is 12.4 Å². The van der Waals surface area contributed by atoms with Crippen molar-refractivity contribution in [2.24, 2.45) is 0 Å². The molecule has 9 nitrogen and oxygen atoms in total. The van der Waals surface area contributed by atoms with E-state index >= 15 is 0 Å². The number of amides is 1. The van der Waals surface area contributed by atoms with Crippen molar-refractivity contribution in [1.82, 2.24) is 14.9 Å². The normalized spacial score (nSPS) is 11.1. The van der Waals surface area contributed by atoms with Gasteiger partial charge in [-0.25, -0.2) is 4.98 Å². The summed E-state index contributed by atoms with van der Waals surface area (Å²) in [6.07, 6.45) is 4.66. The van der Waals surface area contributed by atoms with Crippen LogP contribution in [0.5, 0.6) is 11.5 Å². The first-order valence-corrected chi connectivity index (χ1v) is 11.7. The van der Waals surface area contributed by atoms with Crippen LogP contribution >= 0.6 is 12.4 Å². The van der Waals surface area contributed by atoms with Crippen LogP contribution < -0.4 is 20.1 Å². The average Bonchev–Trinajstić information content (AvgIpc) is 3.48. The number of nitriles is 1. The number of benzene rings is 3. The molecule has 0 aliphatic carbocycles. The monoisotopic (exact) mass is 533 g/mol. The number of hydrogen-bond donors (Lipinski definition) is 3. The molecule has 0 saturated carbocycles. The van der Waals surface area contributed by atoms with E-state index in [1.165, 1.54) is 0 Å². The van der Waals surface area contributed by atoms with Crippen LogP contribution in [-0.4, -0.2) is 53.0 Å². The minimum Gasteiger partial charge on any atom is -0.492 e. The van der Waals surface area contributed by atoms with E-state index in [0.29, 0.717) is 42.3 Å². The van der Waals surface area contributed by atoms with Gasteiger partial charge in [-0.05, 0) is 72.8 Å². The summed E-state index contributed by atoms with van der Waals surface area (Å²) in [5.74, 6) is 1.08. The molecule has 0 saturated heterocycles. The second kappa shape index (κ2) is 14.4. The Kier molecular flexibility index (Phi) is 10.7. The number of rotatable bonds is 12. The van der Waals surface area contributed by atoms with Crippen LogP contribution in [0.2, 0.25) is 0 Å². The highest BCUT2D eigenvalue weighted by Crippen LogP contribution is 2.17. The highest BCUT2D eigenvalue weighted by Gasteiger charge is 2.08. The zero-order valence-electron chi connectivity index (χ0n) is 20.5. The van der Waals surface area contributed by atoms with E-state index in [1.54, 1.807) is 61.1 Å². The van der Waals surface area contributed by atoms with Crippen LogP contribution in [0.4, 0.5) is 5.69 Å². The summed E-state index contributed by atoms with van der Waals surface area (Å²) >= 11 is 0. The van der Waals surface area contributed by atoms with Crippen molar-refractivity contribution in [3.8, 4) is 23.3 Å². The van der Waals surface area contributed by atoms with Gasteiger partial charge in [0, 0.05) is 42.4 Å². The largest absolute Gasteiger partial charge is 0.492 e. The van der Waals surface area contributed by atoms with E-state index in [2.05, 4.69) is 15.6 Å². The van der Waals surface area contributed by atoms with Crippen molar-refractivity contribution in [3.63, 3.8) is 0 Å². The fourth-order valence-corrected chi connectivity index (χ4v) is 3.42.